The highest BCUT2D eigenvalue weighted by Crippen LogP contribution is 2.34. The summed E-state index contributed by atoms with van der Waals surface area (Å²) in [6.07, 6.45) is 4.81. The number of nitrogens with zero attached hydrogens (tertiary/aromatic N) is 3. The first-order chi connectivity index (χ1) is 14.3. The van der Waals surface area contributed by atoms with E-state index >= 15 is 0 Å². The third kappa shape index (κ3) is 3.48. The van der Waals surface area contributed by atoms with Gasteiger partial charge in [0, 0.05) is 12.1 Å². The van der Waals surface area contributed by atoms with Gasteiger partial charge in [-0.3, -0.25) is 0 Å². The molecule has 0 aliphatic carbocycles. The number of anilines is 2. The van der Waals surface area contributed by atoms with E-state index in [2.05, 4.69) is 36.6 Å². The molecule has 1 atom stereocenters. The molecule has 0 saturated carbocycles. The number of aromatic amines is 1. The zero-order valence-electron chi connectivity index (χ0n) is 15.3. The van der Waals surface area contributed by atoms with E-state index in [4.69, 9.17) is 16.3 Å². The van der Waals surface area contributed by atoms with Gasteiger partial charge >= 0.3 is 0 Å². The van der Waals surface area contributed by atoms with Crippen molar-refractivity contribution in [2.75, 3.05) is 17.2 Å². The number of rotatable bonds is 5. The van der Waals surface area contributed by atoms with Crippen molar-refractivity contribution in [2.45, 2.75) is 6.23 Å². The molecule has 3 heterocycles. The van der Waals surface area contributed by atoms with Gasteiger partial charge in [-0.15, -0.1) is 0 Å². The van der Waals surface area contributed by atoms with E-state index in [9.17, 15) is 0 Å². The SMILES string of the molecule is Clc1cccc2c1NC(Oc1ccccc1)C(CNc1ncnc3[nH]cnc13)=C2. The maximum absolute atomic E-state index is 6.39. The van der Waals surface area contributed by atoms with Crippen molar-refractivity contribution in [1.29, 1.82) is 0 Å². The van der Waals surface area contributed by atoms with Gasteiger partial charge in [0.1, 0.15) is 17.6 Å². The lowest BCUT2D eigenvalue weighted by Gasteiger charge is -2.29. The molecule has 29 heavy (non-hydrogen) atoms. The topological polar surface area (TPSA) is 87.8 Å². The summed E-state index contributed by atoms with van der Waals surface area (Å²) in [5, 5.41) is 7.42. The molecular weight excluding hydrogens is 388 g/mol. The van der Waals surface area contributed by atoms with E-state index in [0.29, 0.717) is 28.5 Å². The summed E-state index contributed by atoms with van der Waals surface area (Å²) < 4.78 is 6.21. The Kier molecular flexibility index (Phi) is 4.50. The van der Waals surface area contributed by atoms with Crippen LogP contribution in [0.15, 0.2) is 66.8 Å². The van der Waals surface area contributed by atoms with Crippen LogP contribution in [0.5, 0.6) is 5.75 Å². The number of halogens is 1. The van der Waals surface area contributed by atoms with Crippen LogP contribution in [0.1, 0.15) is 5.56 Å². The van der Waals surface area contributed by atoms with Crippen molar-refractivity contribution in [3.63, 3.8) is 0 Å². The maximum Gasteiger partial charge on any atom is 0.194 e. The number of H-pyrrole nitrogens is 1. The van der Waals surface area contributed by atoms with Crippen LogP contribution in [-0.4, -0.2) is 32.7 Å². The summed E-state index contributed by atoms with van der Waals surface area (Å²) in [4.78, 5) is 15.8. The molecule has 1 unspecified atom stereocenters. The maximum atomic E-state index is 6.39. The molecule has 5 rings (SSSR count). The molecule has 0 spiro atoms. The smallest absolute Gasteiger partial charge is 0.194 e. The standard InChI is InChI=1S/C21H17ClN6O/c22-16-8-4-5-13-9-14(10-23-19-18-20(25-11-24-18)27-12-26-19)21(28-17(13)16)29-15-6-2-1-3-7-15/h1-9,11-12,21,28H,10H2,(H2,23,24,25,26,27). The average molecular weight is 405 g/mol. The highest BCUT2D eigenvalue weighted by atomic mass is 35.5. The van der Waals surface area contributed by atoms with Gasteiger partial charge in [0.15, 0.2) is 17.7 Å². The molecule has 144 valence electrons. The molecule has 1 aliphatic heterocycles. The van der Waals surface area contributed by atoms with E-state index in [-0.39, 0.29) is 6.23 Å². The molecule has 8 heteroatoms. The number of hydrogen-bond acceptors (Lipinski definition) is 6. The highest BCUT2D eigenvalue weighted by molar-refractivity contribution is 6.33. The molecule has 0 bridgehead atoms. The molecule has 7 nitrogen and oxygen atoms in total. The van der Waals surface area contributed by atoms with Crippen LogP contribution in [0.3, 0.4) is 0 Å². The molecule has 2 aromatic carbocycles. The highest BCUT2D eigenvalue weighted by Gasteiger charge is 2.24. The normalized spacial score (nSPS) is 15.3. The Labute approximate surface area is 171 Å². The van der Waals surface area contributed by atoms with Gasteiger partial charge in [0.25, 0.3) is 0 Å². The number of ether oxygens (including phenoxy) is 1. The number of nitrogens with one attached hydrogen (secondary N) is 3. The summed E-state index contributed by atoms with van der Waals surface area (Å²) >= 11 is 6.39. The molecule has 2 aromatic heterocycles. The molecule has 3 N–H and O–H groups in total. The minimum atomic E-state index is -0.381. The van der Waals surface area contributed by atoms with Crippen molar-refractivity contribution in [1.82, 2.24) is 19.9 Å². The van der Waals surface area contributed by atoms with E-state index < -0.39 is 0 Å². The van der Waals surface area contributed by atoms with Crippen LogP contribution in [0, 0.1) is 0 Å². The summed E-state index contributed by atoms with van der Waals surface area (Å²) in [5.74, 6) is 1.43. The Bertz CT molecular complexity index is 1190. The zero-order valence-corrected chi connectivity index (χ0v) is 16.0. The summed E-state index contributed by atoms with van der Waals surface area (Å²) in [5.41, 5.74) is 4.25. The molecule has 0 fully saturated rings. The van der Waals surface area contributed by atoms with Crippen molar-refractivity contribution in [2.24, 2.45) is 0 Å². The number of benzene rings is 2. The van der Waals surface area contributed by atoms with E-state index in [1.807, 2.05) is 48.5 Å². The Morgan fingerprint density at radius 2 is 1.93 bits per heavy atom. The van der Waals surface area contributed by atoms with Crippen molar-refractivity contribution < 1.29 is 4.74 Å². The van der Waals surface area contributed by atoms with Gasteiger partial charge < -0.3 is 20.4 Å². The number of aromatic nitrogens is 4. The number of imidazole rings is 1. The summed E-state index contributed by atoms with van der Waals surface area (Å²) in [7, 11) is 0. The third-order valence-electron chi connectivity index (χ3n) is 4.67. The Morgan fingerprint density at radius 1 is 1.03 bits per heavy atom. The molecule has 4 aromatic rings. The fourth-order valence-electron chi connectivity index (χ4n) is 3.28. The molecule has 0 amide bonds. The number of fused-ring (bicyclic) bond motifs is 2. The molecule has 0 saturated heterocycles. The van der Waals surface area contributed by atoms with Gasteiger partial charge in [-0.25, -0.2) is 15.0 Å². The second-order valence-electron chi connectivity index (χ2n) is 6.55. The van der Waals surface area contributed by atoms with Crippen LogP contribution < -0.4 is 15.4 Å². The second-order valence-corrected chi connectivity index (χ2v) is 6.96. The van der Waals surface area contributed by atoms with Crippen LogP contribution in [0.4, 0.5) is 11.5 Å². The Balaban J connectivity index is 1.45. The van der Waals surface area contributed by atoms with Gasteiger partial charge in [0.2, 0.25) is 0 Å². The van der Waals surface area contributed by atoms with Crippen LogP contribution in [-0.2, 0) is 0 Å². The van der Waals surface area contributed by atoms with E-state index in [0.717, 1.165) is 22.6 Å². The van der Waals surface area contributed by atoms with Gasteiger partial charge in [-0.05, 0) is 29.8 Å². The van der Waals surface area contributed by atoms with E-state index in [1.165, 1.54) is 6.33 Å². The first-order valence-corrected chi connectivity index (χ1v) is 9.51. The van der Waals surface area contributed by atoms with Crippen molar-refractivity contribution >= 4 is 40.3 Å². The zero-order chi connectivity index (χ0) is 19.6. The fourth-order valence-corrected chi connectivity index (χ4v) is 3.51. The van der Waals surface area contributed by atoms with Crippen LogP contribution >= 0.6 is 11.6 Å². The quantitative estimate of drug-likeness (QED) is 0.459. The van der Waals surface area contributed by atoms with Gasteiger partial charge in [0.05, 0.1) is 17.0 Å². The first-order valence-electron chi connectivity index (χ1n) is 9.13. The minimum Gasteiger partial charge on any atom is -0.467 e. The second kappa shape index (κ2) is 7.44. The largest absolute Gasteiger partial charge is 0.467 e. The summed E-state index contributed by atoms with van der Waals surface area (Å²) in [6, 6.07) is 15.5. The van der Waals surface area contributed by atoms with Gasteiger partial charge in [-0.2, -0.15) is 0 Å². The van der Waals surface area contributed by atoms with Crippen LogP contribution in [0.25, 0.3) is 17.2 Å². The predicted molar refractivity (Wildman–Crippen MR) is 114 cm³/mol. The van der Waals surface area contributed by atoms with Crippen LogP contribution in [0.2, 0.25) is 5.02 Å². The Hall–Kier alpha value is -3.58. The Morgan fingerprint density at radius 3 is 2.83 bits per heavy atom. The lowest BCUT2D eigenvalue weighted by molar-refractivity contribution is 0.264. The number of para-hydroxylation sites is 2. The number of hydrogen-bond donors (Lipinski definition) is 3. The molecule has 1 aliphatic rings. The first kappa shape index (κ1) is 17.5. The third-order valence-corrected chi connectivity index (χ3v) is 4.99. The average Bonchev–Trinajstić information content (AvgIpc) is 3.23. The van der Waals surface area contributed by atoms with Crippen molar-refractivity contribution in [3.05, 3.63) is 77.3 Å². The summed E-state index contributed by atoms with van der Waals surface area (Å²) in [6.45, 7) is 0.509. The van der Waals surface area contributed by atoms with E-state index in [1.54, 1.807) is 6.33 Å². The lowest BCUT2D eigenvalue weighted by Crippen LogP contribution is -2.34. The monoisotopic (exact) mass is 404 g/mol. The molecule has 0 radical (unpaired) electrons. The predicted octanol–water partition coefficient (Wildman–Crippen LogP) is 4.33. The van der Waals surface area contributed by atoms with Crippen molar-refractivity contribution in [3.8, 4) is 5.75 Å². The minimum absolute atomic E-state index is 0.381. The fraction of sp³-hybridized carbons (Fsp3) is 0.0952. The van der Waals surface area contributed by atoms with Gasteiger partial charge in [-0.1, -0.05) is 41.9 Å². The lowest BCUT2D eigenvalue weighted by atomic mass is 10.0. The molecular formula is C21H17ClN6O.